The van der Waals surface area contributed by atoms with Crippen LogP contribution in [0.25, 0.3) is 11.4 Å². The summed E-state index contributed by atoms with van der Waals surface area (Å²) in [6.07, 6.45) is 0. The van der Waals surface area contributed by atoms with Gasteiger partial charge in [-0.05, 0) is 6.92 Å². The zero-order valence-electron chi connectivity index (χ0n) is 10.9. The average molecular weight is 264 g/mol. The Labute approximate surface area is 116 Å². The van der Waals surface area contributed by atoms with Gasteiger partial charge < -0.3 is 4.52 Å². The van der Waals surface area contributed by atoms with E-state index in [-0.39, 0.29) is 11.7 Å². The van der Waals surface area contributed by atoms with Crippen molar-refractivity contribution in [2.75, 3.05) is 0 Å². The Bertz CT molecular complexity index is 731. The third-order valence-corrected chi connectivity index (χ3v) is 2.97. The Morgan fingerprint density at radius 2 is 1.70 bits per heavy atom. The van der Waals surface area contributed by atoms with E-state index in [1.165, 1.54) is 0 Å². The number of carbonyl (C=O) groups is 1. The first kappa shape index (κ1) is 12.3. The van der Waals surface area contributed by atoms with E-state index < -0.39 is 0 Å². The first-order valence-electron chi connectivity index (χ1n) is 6.24. The summed E-state index contributed by atoms with van der Waals surface area (Å²) in [5, 5.41) is 3.84. The number of aromatic nitrogens is 2. The van der Waals surface area contributed by atoms with Gasteiger partial charge in [-0.3, -0.25) is 4.79 Å². The molecular weight excluding hydrogens is 252 g/mol. The number of rotatable bonds is 3. The molecule has 0 saturated carbocycles. The fourth-order valence-electron chi connectivity index (χ4n) is 1.85. The fraction of sp³-hybridized carbons (Fsp3) is 0.0625. The molecule has 0 unspecified atom stereocenters. The van der Waals surface area contributed by atoms with Crippen LogP contribution >= 0.6 is 0 Å². The molecule has 4 heteroatoms. The molecule has 4 nitrogen and oxygen atoms in total. The minimum absolute atomic E-state index is 0.00714. The zero-order chi connectivity index (χ0) is 13.9. The lowest BCUT2D eigenvalue weighted by atomic mass is 10.1. The van der Waals surface area contributed by atoms with Crippen LogP contribution in [-0.2, 0) is 0 Å². The van der Waals surface area contributed by atoms with E-state index in [1.54, 1.807) is 12.1 Å². The van der Waals surface area contributed by atoms with Gasteiger partial charge in [-0.2, -0.15) is 4.98 Å². The van der Waals surface area contributed by atoms with Gasteiger partial charge in [0.25, 0.3) is 11.7 Å². The lowest BCUT2D eigenvalue weighted by Gasteiger charge is -1.96. The zero-order valence-corrected chi connectivity index (χ0v) is 10.9. The molecule has 3 rings (SSSR count). The van der Waals surface area contributed by atoms with E-state index >= 15 is 0 Å². The summed E-state index contributed by atoms with van der Waals surface area (Å²) in [5.41, 5.74) is 2.45. The summed E-state index contributed by atoms with van der Waals surface area (Å²) >= 11 is 0. The summed E-state index contributed by atoms with van der Waals surface area (Å²) in [5.74, 6) is 0.161. The first-order valence-corrected chi connectivity index (χ1v) is 6.24. The molecule has 0 spiro atoms. The second-order valence-corrected chi connectivity index (χ2v) is 4.48. The van der Waals surface area contributed by atoms with Crippen molar-refractivity contribution in [2.45, 2.75) is 6.92 Å². The van der Waals surface area contributed by atoms with Gasteiger partial charge in [0.1, 0.15) is 0 Å². The largest absolute Gasteiger partial charge is 0.330 e. The van der Waals surface area contributed by atoms with Crippen LogP contribution < -0.4 is 0 Å². The molecule has 0 aliphatic carbocycles. The van der Waals surface area contributed by atoms with Gasteiger partial charge in [0.2, 0.25) is 5.82 Å². The molecule has 0 atom stereocenters. The van der Waals surface area contributed by atoms with Crippen LogP contribution in [0, 0.1) is 6.92 Å². The number of hydrogen-bond acceptors (Lipinski definition) is 4. The monoisotopic (exact) mass is 264 g/mol. The molecule has 0 aliphatic rings. The number of aryl methyl sites for hydroxylation is 1. The first-order chi connectivity index (χ1) is 9.74. The van der Waals surface area contributed by atoms with Crippen LogP contribution in [0.5, 0.6) is 0 Å². The van der Waals surface area contributed by atoms with Crippen LogP contribution in [-0.4, -0.2) is 15.9 Å². The Morgan fingerprint density at radius 1 is 1.00 bits per heavy atom. The Balaban J connectivity index is 1.90. The van der Waals surface area contributed by atoms with Crippen molar-refractivity contribution >= 4 is 5.78 Å². The van der Waals surface area contributed by atoms with E-state index in [1.807, 2.05) is 49.4 Å². The Hall–Kier alpha value is -2.75. The molecule has 0 N–H and O–H groups in total. The van der Waals surface area contributed by atoms with Gasteiger partial charge in [0.05, 0.1) is 0 Å². The van der Waals surface area contributed by atoms with E-state index in [0.717, 1.165) is 11.1 Å². The van der Waals surface area contributed by atoms with E-state index in [2.05, 4.69) is 10.1 Å². The maximum absolute atomic E-state index is 12.2. The van der Waals surface area contributed by atoms with Crippen LogP contribution in [0.1, 0.15) is 21.8 Å². The second kappa shape index (κ2) is 5.09. The quantitative estimate of drug-likeness (QED) is 0.681. The van der Waals surface area contributed by atoms with Gasteiger partial charge in [0.15, 0.2) is 0 Å². The number of nitrogens with zero attached hydrogens (tertiary/aromatic N) is 2. The molecule has 2 aromatic carbocycles. The third-order valence-electron chi connectivity index (χ3n) is 2.97. The van der Waals surface area contributed by atoms with Crippen molar-refractivity contribution in [3.05, 3.63) is 71.6 Å². The van der Waals surface area contributed by atoms with Crippen molar-refractivity contribution in [3.63, 3.8) is 0 Å². The van der Waals surface area contributed by atoms with Gasteiger partial charge in [-0.25, -0.2) is 0 Å². The summed E-state index contributed by atoms with van der Waals surface area (Å²) < 4.78 is 5.05. The lowest BCUT2D eigenvalue weighted by Crippen LogP contribution is -2.01. The van der Waals surface area contributed by atoms with Crippen molar-refractivity contribution in [1.82, 2.24) is 10.1 Å². The van der Waals surface area contributed by atoms with Crippen LogP contribution in [0.15, 0.2) is 59.1 Å². The highest BCUT2D eigenvalue weighted by atomic mass is 16.5. The SMILES string of the molecule is Cc1ccc(C(=O)c2nc(-c3ccccc3)no2)cc1. The third kappa shape index (κ3) is 2.36. The molecule has 0 radical (unpaired) electrons. The summed E-state index contributed by atoms with van der Waals surface area (Å²) in [7, 11) is 0. The molecule has 0 amide bonds. The number of ketones is 1. The molecule has 1 aromatic heterocycles. The highest BCUT2D eigenvalue weighted by Crippen LogP contribution is 2.16. The lowest BCUT2D eigenvalue weighted by molar-refractivity contribution is 0.0994. The molecule has 1 heterocycles. The standard InChI is InChI=1S/C16H12N2O2/c1-11-7-9-12(10-8-11)14(19)16-17-15(18-20-16)13-5-3-2-4-6-13/h2-10H,1H3. The minimum Gasteiger partial charge on any atom is -0.330 e. The van der Waals surface area contributed by atoms with Crippen LogP contribution in [0.4, 0.5) is 0 Å². The topological polar surface area (TPSA) is 56.0 Å². The molecule has 0 saturated heterocycles. The number of hydrogen-bond donors (Lipinski definition) is 0. The molecule has 3 aromatic rings. The highest BCUT2D eigenvalue weighted by Gasteiger charge is 2.17. The summed E-state index contributed by atoms with van der Waals surface area (Å²) in [6, 6.07) is 16.7. The average Bonchev–Trinajstić information content (AvgIpc) is 2.98. The summed E-state index contributed by atoms with van der Waals surface area (Å²) in [6.45, 7) is 1.97. The molecule has 0 aliphatic heterocycles. The van der Waals surface area contributed by atoms with Crippen molar-refractivity contribution < 1.29 is 9.32 Å². The van der Waals surface area contributed by atoms with E-state index in [0.29, 0.717) is 11.4 Å². The second-order valence-electron chi connectivity index (χ2n) is 4.48. The highest BCUT2D eigenvalue weighted by molar-refractivity contribution is 6.06. The van der Waals surface area contributed by atoms with Gasteiger partial charge in [-0.1, -0.05) is 65.3 Å². The molecular formula is C16H12N2O2. The van der Waals surface area contributed by atoms with Crippen molar-refractivity contribution in [1.29, 1.82) is 0 Å². The van der Waals surface area contributed by atoms with Crippen molar-refractivity contribution in [2.24, 2.45) is 0 Å². The van der Waals surface area contributed by atoms with E-state index in [9.17, 15) is 4.79 Å². The molecule has 98 valence electrons. The van der Waals surface area contributed by atoms with Crippen LogP contribution in [0.3, 0.4) is 0 Å². The molecule has 20 heavy (non-hydrogen) atoms. The smallest absolute Gasteiger partial charge is 0.299 e. The predicted molar refractivity (Wildman–Crippen MR) is 74.3 cm³/mol. The van der Waals surface area contributed by atoms with Gasteiger partial charge in [-0.15, -0.1) is 0 Å². The summed E-state index contributed by atoms with van der Waals surface area (Å²) in [4.78, 5) is 16.4. The maximum atomic E-state index is 12.2. The van der Waals surface area contributed by atoms with E-state index in [4.69, 9.17) is 4.52 Å². The van der Waals surface area contributed by atoms with Gasteiger partial charge >= 0.3 is 0 Å². The van der Waals surface area contributed by atoms with Crippen LogP contribution in [0.2, 0.25) is 0 Å². The predicted octanol–water partition coefficient (Wildman–Crippen LogP) is 3.28. The number of benzene rings is 2. The normalized spacial score (nSPS) is 10.4. The van der Waals surface area contributed by atoms with Gasteiger partial charge in [0, 0.05) is 11.1 Å². The fourth-order valence-corrected chi connectivity index (χ4v) is 1.85. The molecule has 0 bridgehead atoms. The Kier molecular flexibility index (Phi) is 3.13. The maximum Gasteiger partial charge on any atom is 0.299 e. The minimum atomic E-state index is -0.264. The Morgan fingerprint density at radius 3 is 2.40 bits per heavy atom. The number of carbonyl (C=O) groups excluding carboxylic acids is 1. The molecule has 0 fully saturated rings. The van der Waals surface area contributed by atoms with Crippen molar-refractivity contribution in [3.8, 4) is 11.4 Å².